The van der Waals surface area contributed by atoms with Crippen molar-refractivity contribution in [1.82, 2.24) is 14.7 Å². The van der Waals surface area contributed by atoms with Crippen LogP contribution in [0.15, 0.2) is 54.6 Å². The van der Waals surface area contributed by atoms with Crippen molar-refractivity contribution in [2.45, 2.75) is 59.4 Å². The fourth-order valence-corrected chi connectivity index (χ4v) is 3.70. The summed E-state index contributed by atoms with van der Waals surface area (Å²) in [6, 6.07) is 16.3. The number of nitrogens with zero attached hydrogens (tertiary/aromatic N) is 3. The van der Waals surface area contributed by atoms with Crippen molar-refractivity contribution in [1.29, 1.82) is 0 Å². The van der Waals surface area contributed by atoms with Crippen LogP contribution in [0.5, 0.6) is 0 Å². The Morgan fingerprint density at radius 2 is 1.71 bits per heavy atom. The molecule has 3 aromatic rings. The first kappa shape index (κ1) is 26.3. The van der Waals surface area contributed by atoms with Crippen molar-refractivity contribution in [3.63, 3.8) is 0 Å². The van der Waals surface area contributed by atoms with Gasteiger partial charge in [0.2, 0.25) is 5.91 Å². The zero-order valence-corrected chi connectivity index (χ0v) is 22.0. The Kier molecular flexibility index (Phi) is 8.22. The van der Waals surface area contributed by atoms with Gasteiger partial charge in [0, 0.05) is 23.2 Å². The Hall–Kier alpha value is -3.32. The molecule has 0 radical (unpaired) electrons. The summed E-state index contributed by atoms with van der Waals surface area (Å²) in [6.07, 6.45) is 0.925. The molecule has 0 bridgehead atoms. The van der Waals surface area contributed by atoms with E-state index in [1.54, 1.807) is 10.7 Å². The molecule has 0 fully saturated rings. The minimum absolute atomic E-state index is 0.116. The highest BCUT2D eigenvalue weighted by atomic mass is 35.5. The lowest BCUT2D eigenvalue weighted by atomic mass is 9.92. The average molecular weight is 496 g/mol. The number of hydrogen-bond acceptors (Lipinski definition) is 3. The number of amides is 3. The van der Waals surface area contributed by atoms with Crippen LogP contribution in [0.25, 0.3) is 5.69 Å². The standard InChI is InChI=1S/C27H34ClN5O2/c1-7-19-12-14-20(15-13-19)29-26(35)32(18(2)3)17-25(34)30-24-16-23(27(4,5)6)31-33(24)22-11-9-8-10-21(22)28/h8-16,18H,7,17H2,1-6H3,(H,29,35)(H,30,34). The maximum absolute atomic E-state index is 13.1. The minimum atomic E-state index is -0.339. The van der Waals surface area contributed by atoms with Crippen LogP contribution in [0.3, 0.4) is 0 Å². The summed E-state index contributed by atoms with van der Waals surface area (Å²) in [5, 5.41) is 11.0. The molecule has 3 amide bonds. The topological polar surface area (TPSA) is 79.3 Å². The number of anilines is 2. The number of halogens is 1. The number of benzene rings is 2. The number of hydrogen-bond donors (Lipinski definition) is 2. The van der Waals surface area contributed by atoms with Gasteiger partial charge < -0.3 is 15.5 Å². The minimum Gasteiger partial charge on any atom is -0.313 e. The Labute approximate surface area is 212 Å². The molecule has 0 saturated carbocycles. The van der Waals surface area contributed by atoms with Crippen molar-refractivity contribution in [3.05, 3.63) is 70.9 Å². The average Bonchev–Trinajstić information content (AvgIpc) is 3.22. The largest absolute Gasteiger partial charge is 0.322 e. The molecule has 0 spiro atoms. The smallest absolute Gasteiger partial charge is 0.313 e. The van der Waals surface area contributed by atoms with E-state index in [0.717, 1.165) is 12.1 Å². The van der Waals surface area contributed by atoms with Gasteiger partial charge in [0.1, 0.15) is 12.4 Å². The Morgan fingerprint density at radius 1 is 1.06 bits per heavy atom. The van der Waals surface area contributed by atoms with Gasteiger partial charge in [-0.25, -0.2) is 9.48 Å². The van der Waals surface area contributed by atoms with Gasteiger partial charge >= 0.3 is 6.03 Å². The summed E-state index contributed by atoms with van der Waals surface area (Å²) in [5.74, 6) is 0.163. The third kappa shape index (κ3) is 6.63. The van der Waals surface area contributed by atoms with Crippen molar-refractivity contribution in [2.24, 2.45) is 0 Å². The number of aromatic nitrogens is 2. The maximum Gasteiger partial charge on any atom is 0.322 e. The molecule has 186 valence electrons. The van der Waals surface area contributed by atoms with E-state index in [9.17, 15) is 9.59 Å². The predicted octanol–water partition coefficient (Wildman–Crippen LogP) is 6.27. The Morgan fingerprint density at radius 3 is 2.29 bits per heavy atom. The van der Waals surface area contributed by atoms with Crippen LogP contribution in [0, 0.1) is 0 Å². The highest BCUT2D eigenvalue weighted by Crippen LogP contribution is 2.29. The van der Waals surface area contributed by atoms with E-state index < -0.39 is 0 Å². The monoisotopic (exact) mass is 495 g/mol. The lowest BCUT2D eigenvalue weighted by Gasteiger charge is -2.26. The Bertz CT molecular complexity index is 1180. The second kappa shape index (κ2) is 11.0. The van der Waals surface area contributed by atoms with Crippen LogP contribution < -0.4 is 10.6 Å². The molecule has 2 aromatic carbocycles. The van der Waals surface area contributed by atoms with Crippen LogP contribution >= 0.6 is 11.6 Å². The van der Waals surface area contributed by atoms with E-state index in [1.165, 1.54) is 10.5 Å². The van der Waals surface area contributed by atoms with Gasteiger partial charge in [-0.15, -0.1) is 0 Å². The van der Waals surface area contributed by atoms with Crippen molar-refractivity contribution in [3.8, 4) is 5.69 Å². The molecule has 1 heterocycles. The lowest BCUT2D eigenvalue weighted by Crippen LogP contribution is -2.44. The second-order valence-electron chi connectivity index (χ2n) is 9.78. The van der Waals surface area contributed by atoms with E-state index >= 15 is 0 Å². The summed E-state index contributed by atoms with van der Waals surface area (Å²) in [7, 11) is 0. The first-order valence-electron chi connectivity index (χ1n) is 11.8. The van der Waals surface area contributed by atoms with Crippen LogP contribution in [0.2, 0.25) is 5.02 Å². The summed E-state index contributed by atoms with van der Waals surface area (Å²) < 4.78 is 1.63. The van der Waals surface area contributed by atoms with Crippen LogP contribution in [0.4, 0.5) is 16.3 Å². The molecular weight excluding hydrogens is 462 g/mol. The fraction of sp³-hybridized carbons (Fsp3) is 0.370. The second-order valence-corrected chi connectivity index (χ2v) is 10.2. The van der Waals surface area contributed by atoms with Crippen molar-refractivity contribution < 1.29 is 9.59 Å². The summed E-state index contributed by atoms with van der Waals surface area (Å²) in [4.78, 5) is 27.5. The van der Waals surface area contributed by atoms with Crippen molar-refractivity contribution >= 4 is 35.0 Å². The van der Waals surface area contributed by atoms with E-state index in [2.05, 4.69) is 38.3 Å². The molecule has 3 rings (SSSR count). The van der Waals surface area contributed by atoms with Crippen LogP contribution in [0.1, 0.15) is 52.8 Å². The molecule has 8 heteroatoms. The molecule has 35 heavy (non-hydrogen) atoms. The highest BCUT2D eigenvalue weighted by molar-refractivity contribution is 6.32. The summed E-state index contributed by atoms with van der Waals surface area (Å²) >= 11 is 6.42. The number of carbonyl (C=O) groups is 2. The third-order valence-corrected chi connectivity index (χ3v) is 5.96. The van der Waals surface area contributed by atoms with Gasteiger partial charge in [-0.3, -0.25) is 4.79 Å². The number of aryl methyl sites for hydroxylation is 1. The number of urea groups is 1. The fourth-order valence-electron chi connectivity index (χ4n) is 3.49. The quantitative estimate of drug-likeness (QED) is 0.405. The molecule has 7 nitrogen and oxygen atoms in total. The summed E-state index contributed by atoms with van der Waals surface area (Å²) in [5.41, 5.74) is 3.11. The van der Waals surface area contributed by atoms with Gasteiger partial charge in [-0.2, -0.15) is 5.10 Å². The van der Waals surface area contributed by atoms with E-state index in [4.69, 9.17) is 16.7 Å². The zero-order chi connectivity index (χ0) is 25.8. The molecule has 0 aliphatic rings. The molecular formula is C27H34ClN5O2. The van der Waals surface area contributed by atoms with E-state index in [-0.39, 0.29) is 29.9 Å². The molecule has 0 atom stereocenters. The molecule has 1 aromatic heterocycles. The van der Waals surface area contributed by atoms with E-state index in [0.29, 0.717) is 22.2 Å². The first-order chi connectivity index (χ1) is 16.5. The number of nitrogens with one attached hydrogen (secondary N) is 2. The van der Waals surface area contributed by atoms with Crippen LogP contribution in [-0.4, -0.2) is 39.2 Å². The number of rotatable bonds is 7. The summed E-state index contributed by atoms with van der Waals surface area (Å²) in [6.45, 7) is 11.9. The molecule has 0 unspecified atom stereocenters. The highest BCUT2D eigenvalue weighted by Gasteiger charge is 2.24. The number of para-hydroxylation sites is 1. The normalized spacial score (nSPS) is 11.4. The first-order valence-corrected chi connectivity index (χ1v) is 12.2. The third-order valence-electron chi connectivity index (χ3n) is 5.64. The van der Waals surface area contributed by atoms with Gasteiger partial charge in [-0.1, -0.05) is 63.6 Å². The molecule has 0 aliphatic heterocycles. The number of carbonyl (C=O) groups excluding carboxylic acids is 2. The predicted molar refractivity (Wildman–Crippen MR) is 143 cm³/mol. The molecule has 2 N–H and O–H groups in total. The lowest BCUT2D eigenvalue weighted by molar-refractivity contribution is -0.117. The zero-order valence-electron chi connectivity index (χ0n) is 21.2. The van der Waals surface area contributed by atoms with Gasteiger partial charge in [-0.05, 0) is 50.1 Å². The van der Waals surface area contributed by atoms with Crippen LogP contribution in [-0.2, 0) is 16.6 Å². The maximum atomic E-state index is 13.1. The van der Waals surface area contributed by atoms with Gasteiger partial charge in [0.25, 0.3) is 0 Å². The Balaban J connectivity index is 1.80. The van der Waals surface area contributed by atoms with Gasteiger partial charge in [0.15, 0.2) is 0 Å². The molecule has 0 saturated heterocycles. The SMILES string of the molecule is CCc1ccc(NC(=O)N(CC(=O)Nc2cc(C(C)(C)C)nn2-c2ccccc2Cl)C(C)C)cc1. The van der Waals surface area contributed by atoms with E-state index in [1.807, 2.05) is 62.4 Å². The van der Waals surface area contributed by atoms with Gasteiger partial charge in [0.05, 0.1) is 16.4 Å². The van der Waals surface area contributed by atoms with Crippen molar-refractivity contribution in [2.75, 3.05) is 17.2 Å². The molecule has 0 aliphatic carbocycles.